The number of ketones is 1. The lowest BCUT2D eigenvalue weighted by molar-refractivity contribution is 0.0981. The van der Waals surface area contributed by atoms with Crippen LogP contribution in [0.5, 0.6) is 0 Å². The standard InChI is InChI=1S/C22H27NO.C4H10/c1-7-11-21(24)22-17(6)23(20(9-3)19(22)8-2)16(5)18-13-10-12-15(4)14-18;1-3-4-2/h8-10,12-14,16H,2-3,7,11H2,1,4-6H3;3-4H2,1-2H3. The van der Waals surface area contributed by atoms with Gasteiger partial charge >= 0.3 is 0 Å². The highest BCUT2D eigenvalue weighted by Crippen LogP contribution is 2.32. The molecule has 0 N–H and O–H groups in total. The van der Waals surface area contributed by atoms with Crippen molar-refractivity contribution in [3.05, 3.63) is 71.1 Å². The third kappa shape index (κ3) is 5.34. The molecule has 1 unspecified atom stereocenters. The van der Waals surface area contributed by atoms with Gasteiger partial charge in [0.05, 0.1) is 6.04 Å². The molecule has 0 aliphatic heterocycles. The molecule has 152 valence electrons. The predicted octanol–water partition coefficient (Wildman–Crippen LogP) is 7.79. The van der Waals surface area contributed by atoms with Gasteiger partial charge in [0.25, 0.3) is 0 Å². The molecule has 1 heterocycles. The smallest absolute Gasteiger partial charge is 0.165 e. The van der Waals surface area contributed by atoms with E-state index in [2.05, 4.69) is 69.7 Å². The van der Waals surface area contributed by atoms with Crippen LogP contribution in [0.2, 0.25) is 0 Å². The molecule has 0 bridgehead atoms. The number of hydrogen-bond donors (Lipinski definition) is 0. The van der Waals surface area contributed by atoms with Crippen LogP contribution in [-0.4, -0.2) is 10.4 Å². The lowest BCUT2D eigenvalue weighted by Crippen LogP contribution is -2.11. The minimum absolute atomic E-state index is 0.125. The van der Waals surface area contributed by atoms with Crippen LogP contribution in [0.3, 0.4) is 0 Å². The van der Waals surface area contributed by atoms with Gasteiger partial charge in [0.1, 0.15) is 0 Å². The highest BCUT2D eigenvalue weighted by Gasteiger charge is 2.24. The van der Waals surface area contributed by atoms with Crippen molar-refractivity contribution in [1.82, 2.24) is 4.57 Å². The van der Waals surface area contributed by atoms with Crippen LogP contribution in [0.4, 0.5) is 0 Å². The summed E-state index contributed by atoms with van der Waals surface area (Å²) in [7, 11) is 0. The molecule has 0 aliphatic carbocycles. The average molecular weight is 380 g/mol. The van der Waals surface area contributed by atoms with Crippen molar-refractivity contribution in [2.75, 3.05) is 0 Å². The molecule has 1 aromatic heterocycles. The number of aryl methyl sites for hydroxylation is 1. The van der Waals surface area contributed by atoms with Gasteiger partial charge in [-0.05, 0) is 38.8 Å². The Balaban J connectivity index is 0.000000892. The van der Waals surface area contributed by atoms with E-state index < -0.39 is 0 Å². The average Bonchev–Trinajstić information content (AvgIpc) is 2.99. The van der Waals surface area contributed by atoms with Crippen LogP contribution in [0, 0.1) is 13.8 Å². The van der Waals surface area contributed by atoms with E-state index in [1.165, 1.54) is 24.0 Å². The first kappa shape index (κ1) is 23.7. The minimum Gasteiger partial charge on any atom is -0.337 e. The molecular weight excluding hydrogens is 342 g/mol. The number of nitrogens with zero attached hydrogens (tertiary/aromatic N) is 1. The summed E-state index contributed by atoms with van der Waals surface area (Å²) >= 11 is 0. The Morgan fingerprint density at radius 2 is 1.71 bits per heavy atom. The highest BCUT2D eigenvalue weighted by atomic mass is 16.1. The van der Waals surface area contributed by atoms with Gasteiger partial charge in [0, 0.05) is 28.9 Å². The number of rotatable bonds is 8. The van der Waals surface area contributed by atoms with Crippen LogP contribution in [0.25, 0.3) is 12.2 Å². The molecule has 0 spiro atoms. The molecule has 0 aliphatic rings. The maximum Gasteiger partial charge on any atom is 0.165 e. The van der Waals surface area contributed by atoms with Crippen molar-refractivity contribution >= 4 is 17.9 Å². The van der Waals surface area contributed by atoms with Crippen molar-refractivity contribution in [2.45, 2.75) is 73.3 Å². The van der Waals surface area contributed by atoms with Crippen LogP contribution >= 0.6 is 0 Å². The Morgan fingerprint density at radius 3 is 2.18 bits per heavy atom. The van der Waals surface area contributed by atoms with E-state index in [1.807, 2.05) is 19.9 Å². The number of benzene rings is 1. The van der Waals surface area contributed by atoms with Crippen molar-refractivity contribution in [3.63, 3.8) is 0 Å². The maximum atomic E-state index is 12.6. The summed E-state index contributed by atoms with van der Waals surface area (Å²) in [6.45, 7) is 20.6. The first-order valence-corrected chi connectivity index (χ1v) is 10.5. The maximum absolute atomic E-state index is 12.6. The molecular formula is C26H37NO. The van der Waals surface area contributed by atoms with Gasteiger partial charge in [0.2, 0.25) is 0 Å². The number of carbonyl (C=O) groups is 1. The number of carbonyl (C=O) groups excluding carboxylic acids is 1. The minimum atomic E-state index is 0.125. The largest absolute Gasteiger partial charge is 0.337 e. The second kappa shape index (κ2) is 11.5. The zero-order valence-electron chi connectivity index (χ0n) is 18.6. The molecule has 0 radical (unpaired) electrons. The Kier molecular flexibility index (Phi) is 9.72. The van der Waals surface area contributed by atoms with Crippen LogP contribution in [-0.2, 0) is 0 Å². The predicted molar refractivity (Wildman–Crippen MR) is 124 cm³/mol. The summed E-state index contributed by atoms with van der Waals surface area (Å²) < 4.78 is 2.21. The van der Waals surface area contributed by atoms with Crippen LogP contribution in [0.1, 0.15) is 97.9 Å². The Bertz CT molecular complexity index is 808. The molecule has 0 amide bonds. The second-order valence-electron chi connectivity index (χ2n) is 7.30. The summed E-state index contributed by atoms with van der Waals surface area (Å²) in [6, 6.07) is 8.62. The SMILES string of the molecule is C=Cc1c(C(=O)CCC)c(C)n(C(C)c2cccc(C)c2)c1C=C.CCCC. The summed E-state index contributed by atoms with van der Waals surface area (Å²) in [4.78, 5) is 12.6. The summed E-state index contributed by atoms with van der Waals surface area (Å²) in [5, 5.41) is 0. The summed E-state index contributed by atoms with van der Waals surface area (Å²) in [5.74, 6) is 0.184. The number of hydrogen-bond acceptors (Lipinski definition) is 1. The summed E-state index contributed by atoms with van der Waals surface area (Å²) in [5.41, 5.74) is 6.11. The second-order valence-corrected chi connectivity index (χ2v) is 7.30. The molecule has 2 nitrogen and oxygen atoms in total. The Morgan fingerprint density at radius 1 is 1.07 bits per heavy atom. The van der Waals surface area contributed by atoms with E-state index in [9.17, 15) is 4.79 Å². The van der Waals surface area contributed by atoms with Gasteiger partial charge in [-0.1, -0.05) is 82.7 Å². The van der Waals surface area contributed by atoms with Gasteiger partial charge in [-0.2, -0.15) is 0 Å². The van der Waals surface area contributed by atoms with E-state index in [1.54, 1.807) is 6.08 Å². The van der Waals surface area contributed by atoms with Gasteiger partial charge < -0.3 is 4.57 Å². The fourth-order valence-electron chi connectivity index (χ4n) is 3.45. The van der Waals surface area contributed by atoms with E-state index in [-0.39, 0.29) is 11.8 Å². The van der Waals surface area contributed by atoms with Gasteiger partial charge in [-0.25, -0.2) is 0 Å². The molecule has 1 atom stereocenters. The molecule has 28 heavy (non-hydrogen) atoms. The first-order valence-electron chi connectivity index (χ1n) is 10.5. The third-order valence-electron chi connectivity index (χ3n) is 5.09. The zero-order chi connectivity index (χ0) is 21.3. The fourth-order valence-corrected chi connectivity index (χ4v) is 3.45. The number of aromatic nitrogens is 1. The van der Waals surface area contributed by atoms with Gasteiger partial charge in [-0.15, -0.1) is 0 Å². The molecule has 2 aromatic rings. The van der Waals surface area contributed by atoms with E-state index in [4.69, 9.17) is 0 Å². The van der Waals surface area contributed by atoms with E-state index in [0.29, 0.717) is 6.42 Å². The van der Waals surface area contributed by atoms with Crippen molar-refractivity contribution in [1.29, 1.82) is 0 Å². The number of unbranched alkanes of at least 4 members (excludes halogenated alkanes) is 1. The fraction of sp³-hybridized carbons (Fsp3) is 0.423. The Labute approximate surface area is 172 Å². The zero-order valence-corrected chi connectivity index (χ0v) is 18.6. The van der Waals surface area contributed by atoms with Crippen molar-refractivity contribution in [3.8, 4) is 0 Å². The lowest BCUT2D eigenvalue weighted by atomic mass is 10.0. The van der Waals surface area contributed by atoms with E-state index >= 15 is 0 Å². The normalized spacial score (nSPS) is 11.4. The topological polar surface area (TPSA) is 22.0 Å². The van der Waals surface area contributed by atoms with Gasteiger partial charge in [0.15, 0.2) is 5.78 Å². The van der Waals surface area contributed by atoms with Crippen LogP contribution in [0.15, 0.2) is 37.4 Å². The van der Waals surface area contributed by atoms with E-state index in [0.717, 1.165) is 28.9 Å². The molecule has 0 saturated carbocycles. The molecule has 0 fully saturated rings. The molecule has 2 rings (SSSR count). The van der Waals surface area contributed by atoms with Crippen molar-refractivity contribution < 1.29 is 4.79 Å². The van der Waals surface area contributed by atoms with Crippen LogP contribution < -0.4 is 0 Å². The first-order chi connectivity index (χ1) is 13.4. The summed E-state index contributed by atoms with van der Waals surface area (Å²) in [6.07, 6.45) is 7.66. The molecule has 0 saturated heterocycles. The quantitative estimate of drug-likeness (QED) is 0.429. The monoisotopic (exact) mass is 379 g/mol. The third-order valence-corrected chi connectivity index (χ3v) is 5.09. The highest BCUT2D eigenvalue weighted by molar-refractivity contribution is 6.02. The van der Waals surface area contributed by atoms with Crippen molar-refractivity contribution in [2.24, 2.45) is 0 Å². The Hall–Kier alpha value is -2.35. The van der Waals surface area contributed by atoms with Gasteiger partial charge in [-0.3, -0.25) is 4.79 Å². The molecule has 2 heteroatoms. The number of Topliss-reactive ketones (excluding diaryl/α,β-unsaturated/α-hetero) is 1. The lowest BCUT2D eigenvalue weighted by Gasteiger charge is -2.20. The molecule has 1 aromatic carbocycles.